The van der Waals surface area contributed by atoms with E-state index in [9.17, 15) is 9.59 Å². The SMILES string of the molecule is O=C1CC2(CCCC2)C(=O)N1Cc1cc(-c2ccco2)on1. The fraction of sp³-hybridized carbons (Fsp3) is 0.438. The van der Waals surface area contributed by atoms with Crippen molar-refractivity contribution >= 4 is 11.8 Å². The summed E-state index contributed by atoms with van der Waals surface area (Å²) in [4.78, 5) is 26.2. The number of furan rings is 1. The van der Waals surface area contributed by atoms with Crippen LogP contribution >= 0.6 is 0 Å². The maximum absolute atomic E-state index is 12.6. The third-order valence-corrected chi connectivity index (χ3v) is 4.69. The third-order valence-electron chi connectivity index (χ3n) is 4.69. The molecule has 2 aromatic rings. The van der Waals surface area contributed by atoms with Gasteiger partial charge in [-0.2, -0.15) is 0 Å². The lowest BCUT2D eigenvalue weighted by molar-refractivity contribution is -0.142. The third kappa shape index (κ3) is 1.98. The summed E-state index contributed by atoms with van der Waals surface area (Å²) < 4.78 is 10.5. The summed E-state index contributed by atoms with van der Waals surface area (Å²) in [7, 11) is 0. The molecule has 0 atom stereocenters. The predicted molar refractivity (Wildman–Crippen MR) is 75.3 cm³/mol. The Labute approximate surface area is 127 Å². The standard InChI is InChI=1S/C16H16N2O4/c19-14-9-16(5-1-2-6-16)15(20)18(14)10-11-8-13(22-17-11)12-4-3-7-21-12/h3-4,7-8H,1-2,5-6,9-10H2. The fourth-order valence-corrected chi connectivity index (χ4v) is 3.55. The van der Waals surface area contributed by atoms with E-state index in [1.165, 1.54) is 4.90 Å². The molecule has 3 heterocycles. The van der Waals surface area contributed by atoms with Gasteiger partial charge in [0, 0.05) is 12.5 Å². The molecular formula is C16H16N2O4. The highest BCUT2D eigenvalue weighted by Crippen LogP contribution is 2.47. The summed E-state index contributed by atoms with van der Waals surface area (Å²) in [5.41, 5.74) is 0.119. The number of aromatic nitrogens is 1. The van der Waals surface area contributed by atoms with Gasteiger partial charge >= 0.3 is 0 Å². The highest BCUT2D eigenvalue weighted by atomic mass is 16.5. The Kier molecular flexibility index (Phi) is 2.92. The van der Waals surface area contributed by atoms with Crippen molar-refractivity contribution in [3.05, 3.63) is 30.2 Å². The van der Waals surface area contributed by atoms with Crippen LogP contribution in [0.25, 0.3) is 11.5 Å². The average Bonchev–Trinajstić information content (AvgIpc) is 3.25. The Morgan fingerprint density at radius 1 is 1.23 bits per heavy atom. The lowest BCUT2D eigenvalue weighted by Crippen LogP contribution is -2.34. The second-order valence-electron chi connectivity index (χ2n) is 6.11. The van der Waals surface area contributed by atoms with E-state index in [0.717, 1.165) is 25.7 Å². The van der Waals surface area contributed by atoms with Crippen LogP contribution < -0.4 is 0 Å². The van der Waals surface area contributed by atoms with Crippen LogP contribution in [0.4, 0.5) is 0 Å². The molecule has 2 aromatic heterocycles. The number of carbonyl (C=O) groups is 2. The molecule has 2 amide bonds. The number of nitrogens with zero attached hydrogens (tertiary/aromatic N) is 2. The van der Waals surface area contributed by atoms with Gasteiger partial charge in [0.05, 0.1) is 18.2 Å². The first-order valence-electron chi connectivity index (χ1n) is 7.52. The van der Waals surface area contributed by atoms with Crippen molar-refractivity contribution in [3.63, 3.8) is 0 Å². The Bertz CT molecular complexity index is 710. The summed E-state index contributed by atoms with van der Waals surface area (Å²) in [5.74, 6) is 0.923. The molecule has 1 saturated carbocycles. The van der Waals surface area contributed by atoms with Crippen molar-refractivity contribution in [1.82, 2.24) is 10.1 Å². The number of imide groups is 1. The molecule has 22 heavy (non-hydrogen) atoms. The predicted octanol–water partition coefficient (Wildman–Crippen LogP) is 2.75. The lowest BCUT2D eigenvalue weighted by atomic mass is 9.84. The molecule has 1 saturated heterocycles. The second-order valence-corrected chi connectivity index (χ2v) is 6.11. The molecule has 0 bridgehead atoms. The topological polar surface area (TPSA) is 76.6 Å². The molecule has 114 valence electrons. The maximum Gasteiger partial charge on any atom is 0.236 e. The summed E-state index contributed by atoms with van der Waals surface area (Å²) >= 11 is 0. The van der Waals surface area contributed by atoms with Crippen molar-refractivity contribution in [2.75, 3.05) is 0 Å². The van der Waals surface area contributed by atoms with E-state index in [2.05, 4.69) is 5.16 Å². The van der Waals surface area contributed by atoms with Crippen molar-refractivity contribution in [2.24, 2.45) is 5.41 Å². The van der Waals surface area contributed by atoms with Crippen LogP contribution in [0, 0.1) is 5.41 Å². The normalized spacial score (nSPS) is 20.5. The zero-order valence-corrected chi connectivity index (χ0v) is 12.1. The van der Waals surface area contributed by atoms with Gasteiger partial charge in [-0.15, -0.1) is 0 Å². The van der Waals surface area contributed by atoms with E-state index in [-0.39, 0.29) is 18.4 Å². The van der Waals surface area contributed by atoms with E-state index in [1.54, 1.807) is 24.5 Å². The number of likely N-dealkylation sites (tertiary alicyclic amines) is 1. The van der Waals surface area contributed by atoms with Crippen LogP contribution in [0.1, 0.15) is 37.8 Å². The molecular weight excluding hydrogens is 284 g/mol. The first-order chi connectivity index (χ1) is 10.7. The van der Waals surface area contributed by atoms with Gasteiger partial charge in [0.1, 0.15) is 5.69 Å². The minimum absolute atomic E-state index is 0.0439. The highest BCUT2D eigenvalue weighted by molar-refractivity contribution is 6.05. The summed E-state index contributed by atoms with van der Waals surface area (Å²) in [6.07, 6.45) is 5.59. The van der Waals surface area contributed by atoms with Gasteiger partial charge in [-0.3, -0.25) is 14.5 Å². The maximum atomic E-state index is 12.6. The van der Waals surface area contributed by atoms with Gasteiger partial charge in [-0.05, 0) is 25.0 Å². The summed E-state index contributed by atoms with van der Waals surface area (Å²) in [6, 6.07) is 5.23. The van der Waals surface area contributed by atoms with Crippen LogP contribution in [0.2, 0.25) is 0 Å². The minimum Gasteiger partial charge on any atom is -0.461 e. The molecule has 1 aliphatic heterocycles. The van der Waals surface area contributed by atoms with E-state index in [0.29, 0.717) is 23.6 Å². The summed E-state index contributed by atoms with van der Waals surface area (Å²) in [5, 5.41) is 3.94. The van der Waals surface area contributed by atoms with Crippen LogP contribution in [-0.2, 0) is 16.1 Å². The first-order valence-corrected chi connectivity index (χ1v) is 7.52. The number of rotatable bonds is 3. The van der Waals surface area contributed by atoms with Crippen LogP contribution in [0.15, 0.2) is 33.4 Å². The van der Waals surface area contributed by atoms with Crippen molar-refractivity contribution in [3.8, 4) is 11.5 Å². The quantitative estimate of drug-likeness (QED) is 0.815. The Morgan fingerprint density at radius 3 is 2.77 bits per heavy atom. The molecule has 1 spiro atoms. The zero-order chi connectivity index (χ0) is 15.2. The average molecular weight is 300 g/mol. The zero-order valence-electron chi connectivity index (χ0n) is 12.1. The Morgan fingerprint density at radius 2 is 2.05 bits per heavy atom. The van der Waals surface area contributed by atoms with Crippen LogP contribution in [0.3, 0.4) is 0 Å². The van der Waals surface area contributed by atoms with Gasteiger partial charge in [0.2, 0.25) is 17.6 Å². The molecule has 0 radical (unpaired) electrons. The molecule has 0 aromatic carbocycles. The van der Waals surface area contributed by atoms with Gasteiger partial charge in [0.25, 0.3) is 0 Å². The Balaban J connectivity index is 1.54. The summed E-state index contributed by atoms with van der Waals surface area (Å²) in [6.45, 7) is 0.170. The minimum atomic E-state index is -0.440. The molecule has 2 fully saturated rings. The van der Waals surface area contributed by atoms with Gasteiger partial charge < -0.3 is 8.94 Å². The van der Waals surface area contributed by atoms with Crippen LogP contribution in [0.5, 0.6) is 0 Å². The molecule has 6 nitrogen and oxygen atoms in total. The number of carbonyl (C=O) groups excluding carboxylic acids is 2. The smallest absolute Gasteiger partial charge is 0.236 e. The largest absolute Gasteiger partial charge is 0.461 e. The van der Waals surface area contributed by atoms with E-state index in [4.69, 9.17) is 8.94 Å². The van der Waals surface area contributed by atoms with Gasteiger partial charge in [-0.25, -0.2) is 0 Å². The Hall–Kier alpha value is -2.37. The molecule has 2 aliphatic rings. The lowest BCUT2D eigenvalue weighted by Gasteiger charge is -2.20. The molecule has 0 unspecified atom stereocenters. The van der Waals surface area contributed by atoms with E-state index >= 15 is 0 Å². The second kappa shape index (κ2) is 4.83. The number of amides is 2. The first kappa shape index (κ1) is 13.3. The monoisotopic (exact) mass is 300 g/mol. The highest BCUT2D eigenvalue weighted by Gasteiger charge is 2.52. The molecule has 4 rings (SSSR count). The van der Waals surface area contributed by atoms with Crippen molar-refractivity contribution < 1.29 is 18.5 Å². The van der Waals surface area contributed by atoms with Crippen LogP contribution in [-0.4, -0.2) is 21.9 Å². The van der Waals surface area contributed by atoms with E-state index in [1.807, 2.05) is 0 Å². The van der Waals surface area contributed by atoms with Gasteiger partial charge in [0.15, 0.2) is 5.76 Å². The van der Waals surface area contributed by atoms with E-state index < -0.39 is 5.41 Å². The molecule has 0 N–H and O–H groups in total. The van der Waals surface area contributed by atoms with Crippen molar-refractivity contribution in [2.45, 2.75) is 38.6 Å². The molecule has 1 aliphatic carbocycles. The fourth-order valence-electron chi connectivity index (χ4n) is 3.55. The number of hydrogen-bond donors (Lipinski definition) is 0. The van der Waals surface area contributed by atoms with Gasteiger partial charge in [-0.1, -0.05) is 18.0 Å². The number of hydrogen-bond acceptors (Lipinski definition) is 5. The molecule has 6 heteroatoms. The van der Waals surface area contributed by atoms with Crippen molar-refractivity contribution in [1.29, 1.82) is 0 Å².